The van der Waals surface area contributed by atoms with Crippen LogP contribution in [0.4, 0.5) is 0 Å². The van der Waals surface area contributed by atoms with Gasteiger partial charge in [0.15, 0.2) is 0 Å². The Morgan fingerprint density at radius 2 is 1.07 bits per heavy atom. The fraction of sp³-hybridized carbons (Fsp3) is 0.0811. The van der Waals surface area contributed by atoms with E-state index < -0.39 is 0 Å². The van der Waals surface area contributed by atoms with Crippen LogP contribution in [0.1, 0.15) is 16.3 Å². The van der Waals surface area contributed by atoms with Crippen LogP contribution in [0.5, 0.6) is 11.5 Å². The second kappa shape index (κ2) is 12.1. The van der Waals surface area contributed by atoms with Gasteiger partial charge in [0.1, 0.15) is 24.7 Å². The van der Waals surface area contributed by atoms with E-state index in [-0.39, 0.29) is 6.61 Å². The fourth-order valence-corrected chi connectivity index (χ4v) is 6.12. The average molecular weight is 581 g/mol. The molecule has 3 aromatic heterocycles. The molecule has 7 aromatic rings. The largest absolute Gasteiger partial charge is 0.487 e. The van der Waals surface area contributed by atoms with E-state index in [4.69, 9.17) is 19.4 Å². The molecule has 0 saturated heterocycles. The molecule has 0 saturated carbocycles. The molecule has 0 radical (unpaired) electrons. The number of aliphatic hydroxyl groups excluding tert-OH is 1. The summed E-state index contributed by atoms with van der Waals surface area (Å²) in [6.45, 7) is 0.765. The van der Waals surface area contributed by atoms with Crippen molar-refractivity contribution in [2.75, 3.05) is 0 Å². The molecule has 0 aliphatic carbocycles. The molecule has 0 aliphatic heterocycles. The second-order valence-electron chi connectivity index (χ2n) is 10.2. The van der Waals surface area contributed by atoms with Gasteiger partial charge in [0, 0.05) is 26.8 Å². The van der Waals surface area contributed by atoms with Crippen molar-refractivity contribution in [3.8, 4) is 33.8 Å². The van der Waals surface area contributed by atoms with E-state index in [9.17, 15) is 5.11 Å². The Labute approximate surface area is 253 Å². The van der Waals surface area contributed by atoms with E-state index >= 15 is 0 Å². The molecule has 6 heteroatoms. The number of aliphatic hydroxyl groups is 1. The minimum absolute atomic E-state index is 0.0220. The van der Waals surface area contributed by atoms with Crippen LogP contribution < -0.4 is 9.47 Å². The van der Waals surface area contributed by atoms with Crippen molar-refractivity contribution < 1.29 is 14.6 Å². The highest BCUT2D eigenvalue weighted by atomic mass is 32.1. The number of pyridine rings is 2. The Bertz CT molecular complexity index is 2020. The summed E-state index contributed by atoms with van der Waals surface area (Å²) in [5.74, 6) is 1.55. The summed E-state index contributed by atoms with van der Waals surface area (Å²) in [6.07, 6.45) is 0. The lowest BCUT2D eigenvalue weighted by Crippen LogP contribution is -1.98. The molecule has 0 atom stereocenters. The number of nitrogens with zero attached hydrogens (tertiary/aromatic N) is 2. The quantitative estimate of drug-likeness (QED) is 0.185. The number of benzene rings is 4. The van der Waals surface area contributed by atoms with Crippen LogP contribution >= 0.6 is 11.3 Å². The van der Waals surface area contributed by atoms with E-state index in [0.29, 0.717) is 13.2 Å². The number of ether oxygens (including phenoxy) is 2. The summed E-state index contributed by atoms with van der Waals surface area (Å²) in [6, 6.07) is 40.4. The van der Waals surface area contributed by atoms with Gasteiger partial charge in [-0.05, 0) is 65.0 Å². The smallest absolute Gasteiger partial charge is 0.130 e. The summed E-state index contributed by atoms with van der Waals surface area (Å²) >= 11 is 1.56. The molecule has 3 heterocycles. The number of hydrogen-bond donors (Lipinski definition) is 1. The third-order valence-electron chi connectivity index (χ3n) is 7.40. The minimum atomic E-state index is -0.0220. The summed E-state index contributed by atoms with van der Waals surface area (Å²) in [4.78, 5) is 10.3. The highest BCUT2D eigenvalue weighted by Gasteiger charge is 2.15. The molecule has 5 nitrogen and oxygen atoms in total. The van der Waals surface area contributed by atoms with Gasteiger partial charge in [-0.3, -0.25) is 0 Å². The lowest BCUT2D eigenvalue weighted by Gasteiger charge is -2.11. The van der Waals surface area contributed by atoms with E-state index in [1.807, 2.05) is 84.9 Å². The van der Waals surface area contributed by atoms with Crippen LogP contribution in [-0.2, 0) is 19.8 Å². The number of fused-ring (bicyclic) bond motifs is 2. The Morgan fingerprint density at radius 3 is 1.60 bits per heavy atom. The average Bonchev–Trinajstić information content (AvgIpc) is 3.51. The van der Waals surface area contributed by atoms with E-state index in [1.165, 1.54) is 0 Å². The highest BCUT2D eigenvalue weighted by Crippen LogP contribution is 2.40. The van der Waals surface area contributed by atoms with Gasteiger partial charge in [0.05, 0.1) is 29.0 Å². The topological polar surface area (TPSA) is 64.5 Å². The van der Waals surface area contributed by atoms with Gasteiger partial charge in [0.2, 0.25) is 0 Å². The summed E-state index contributed by atoms with van der Waals surface area (Å²) in [5.41, 5.74) is 7.88. The predicted octanol–water partition coefficient (Wildman–Crippen LogP) is 8.83. The van der Waals surface area contributed by atoms with Crippen LogP contribution in [0.3, 0.4) is 0 Å². The molecule has 0 amide bonds. The Kier molecular flexibility index (Phi) is 7.52. The van der Waals surface area contributed by atoms with Crippen LogP contribution in [0.15, 0.2) is 127 Å². The maximum atomic E-state index is 10.1. The van der Waals surface area contributed by atoms with Crippen molar-refractivity contribution >= 4 is 33.1 Å². The molecule has 1 N–H and O–H groups in total. The highest BCUT2D eigenvalue weighted by molar-refractivity contribution is 7.11. The molecule has 0 unspecified atom stereocenters. The van der Waals surface area contributed by atoms with E-state index in [0.717, 1.165) is 71.8 Å². The van der Waals surface area contributed by atoms with Crippen LogP contribution in [-0.4, -0.2) is 15.1 Å². The number of para-hydroxylation sites is 2. The van der Waals surface area contributed by atoms with Gasteiger partial charge in [-0.1, -0.05) is 72.8 Å². The Balaban J connectivity index is 1.05. The molecule has 43 heavy (non-hydrogen) atoms. The van der Waals surface area contributed by atoms with Gasteiger partial charge in [-0.25, -0.2) is 9.97 Å². The zero-order valence-electron chi connectivity index (χ0n) is 23.3. The number of thiophene rings is 1. The van der Waals surface area contributed by atoms with Crippen molar-refractivity contribution in [3.63, 3.8) is 0 Å². The van der Waals surface area contributed by atoms with Crippen molar-refractivity contribution in [2.24, 2.45) is 0 Å². The first-order valence-corrected chi connectivity index (χ1v) is 15.0. The van der Waals surface area contributed by atoms with E-state index in [2.05, 4.69) is 41.8 Å². The van der Waals surface area contributed by atoms with Crippen molar-refractivity contribution in [1.29, 1.82) is 0 Å². The molecular weight excluding hydrogens is 552 g/mol. The molecule has 7 rings (SSSR count). The SMILES string of the molecule is OCc1scc(-c2ccc(OCc3ccc4ccccc4n3)cc2)c1-c1ccc(OCc2ccc3ccccc3n2)cc1. The molecule has 4 aromatic carbocycles. The monoisotopic (exact) mass is 580 g/mol. The minimum Gasteiger partial charge on any atom is -0.487 e. The number of rotatable bonds is 9. The maximum absolute atomic E-state index is 10.1. The molecule has 0 spiro atoms. The van der Waals surface area contributed by atoms with Crippen molar-refractivity contribution in [3.05, 3.63) is 143 Å². The lowest BCUT2D eigenvalue weighted by atomic mass is 9.97. The molecule has 0 aliphatic rings. The van der Waals surface area contributed by atoms with Gasteiger partial charge in [0.25, 0.3) is 0 Å². The van der Waals surface area contributed by atoms with Gasteiger partial charge in [-0.15, -0.1) is 11.3 Å². The third kappa shape index (κ3) is 5.84. The van der Waals surface area contributed by atoms with Gasteiger partial charge in [-0.2, -0.15) is 0 Å². The molecular formula is C37H28N2O3S. The van der Waals surface area contributed by atoms with Gasteiger partial charge < -0.3 is 14.6 Å². The summed E-state index contributed by atoms with van der Waals surface area (Å²) in [7, 11) is 0. The van der Waals surface area contributed by atoms with Crippen LogP contribution in [0, 0.1) is 0 Å². The fourth-order valence-electron chi connectivity index (χ4n) is 5.18. The second-order valence-corrected chi connectivity index (χ2v) is 11.2. The number of hydrogen-bond acceptors (Lipinski definition) is 6. The summed E-state index contributed by atoms with van der Waals surface area (Å²) < 4.78 is 12.1. The van der Waals surface area contributed by atoms with Crippen molar-refractivity contribution in [1.82, 2.24) is 9.97 Å². The lowest BCUT2D eigenvalue weighted by molar-refractivity contribution is 0.286. The predicted molar refractivity (Wildman–Crippen MR) is 173 cm³/mol. The first-order valence-electron chi connectivity index (χ1n) is 14.1. The van der Waals surface area contributed by atoms with E-state index in [1.54, 1.807) is 11.3 Å². The zero-order valence-corrected chi connectivity index (χ0v) is 24.1. The standard InChI is InChI=1S/C37H28N2O3S/c40-21-36-37(28-13-19-32(20-14-28)42-23-30-16-10-27-6-2-4-8-35(27)39-30)33(24-43-36)25-11-17-31(18-12-25)41-22-29-15-9-26-5-1-3-7-34(26)38-29/h1-20,24,40H,21-23H2. The van der Waals surface area contributed by atoms with Gasteiger partial charge >= 0.3 is 0 Å². The molecule has 0 fully saturated rings. The van der Waals surface area contributed by atoms with Crippen LogP contribution in [0.25, 0.3) is 44.1 Å². The first-order chi connectivity index (χ1) is 21.2. The normalized spacial score (nSPS) is 11.2. The van der Waals surface area contributed by atoms with Crippen LogP contribution in [0.2, 0.25) is 0 Å². The maximum Gasteiger partial charge on any atom is 0.130 e. The van der Waals surface area contributed by atoms with Crippen molar-refractivity contribution in [2.45, 2.75) is 19.8 Å². The third-order valence-corrected chi connectivity index (χ3v) is 8.38. The number of aromatic nitrogens is 2. The zero-order chi connectivity index (χ0) is 29.0. The Morgan fingerprint density at radius 1 is 0.558 bits per heavy atom. The molecule has 210 valence electrons. The molecule has 0 bridgehead atoms. The Hall–Kier alpha value is -5.04. The first kappa shape index (κ1) is 26.8. The summed E-state index contributed by atoms with van der Waals surface area (Å²) in [5, 5.41) is 14.5.